The Labute approximate surface area is 435 Å². The summed E-state index contributed by atoms with van der Waals surface area (Å²) in [7, 11) is 0. The van der Waals surface area contributed by atoms with Gasteiger partial charge in [0.05, 0.1) is 0 Å². The molecule has 0 aliphatic heterocycles. The molecule has 0 aliphatic rings. The van der Waals surface area contributed by atoms with Crippen LogP contribution in [0.1, 0.15) is 335 Å². The summed E-state index contributed by atoms with van der Waals surface area (Å²) in [4.78, 5) is 38.3. The molecule has 0 aromatic rings. The van der Waals surface area contributed by atoms with Gasteiger partial charge in [0.2, 0.25) is 0 Å². The summed E-state index contributed by atoms with van der Waals surface area (Å²) in [5.74, 6) is -0.869. The molecule has 0 bridgehead atoms. The molecule has 70 heavy (non-hydrogen) atoms. The van der Waals surface area contributed by atoms with E-state index in [0.29, 0.717) is 19.3 Å². The molecule has 0 unspecified atom stereocenters. The van der Waals surface area contributed by atoms with Crippen LogP contribution in [0, 0.1) is 0 Å². The van der Waals surface area contributed by atoms with Gasteiger partial charge in [-0.15, -0.1) is 0 Å². The zero-order valence-electron chi connectivity index (χ0n) is 47.1. The minimum absolute atomic E-state index is 0.0740. The van der Waals surface area contributed by atoms with Gasteiger partial charge >= 0.3 is 17.9 Å². The van der Waals surface area contributed by atoms with E-state index >= 15 is 0 Å². The quantitative estimate of drug-likeness (QED) is 0.0261. The van der Waals surface area contributed by atoms with E-state index in [1.807, 2.05) is 0 Å². The van der Waals surface area contributed by atoms with Gasteiger partial charge in [-0.25, -0.2) is 0 Å². The van der Waals surface area contributed by atoms with Crippen molar-refractivity contribution in [2.45, 2.75) is 341 Å². The molecule has 0 saturated carbocycles. The highest BCUT2D eigenvalue weighted by atomic mass is 16.6. The molecule has 0 aliphatic carbocycles. The van der Waals surface area contributed by atoms with E-state index in [1.54, 1.807) is 0 Å². The van der Waals surface area contributed by atoms with Crippen molar-refractivity contribution in [3.63, 3.8) is 0 Å². The van der Waals surface area contributed by atoms with Gasteiger partial charge < -0.3 is 14.2 Å². The molecular formula is C64H118O6. The molecule has 0 spiro atoms. The zero-order chi connectivity index (χ0) is 50.7. The number of ether oxygens (including phenoxy) is 3. The summed E-state index contributed by atoms with van der Waals surface area (Å²) < 4.78 is 16.9. The molecule has 0 aromatic heterocycles. The lowest BCUT2D eigenvalue weighted by molar-refractivity contribution is -0.167. The van der Waals surface area contributed by atoms with Crippen LogP contribution in [0.3, 0.4) is 0 Å². The third-order valence-corrected chi connectivity index (χ3v) is 13.9. The van der Waals surface area contributed by atoms with Gasteiger partial charge in [-0.2, -0.15) is 0 Å². The molecule has 410 valence electrons. The Balaban J connectivity index is 4.35. The minimum Gasteiger partial charge on any atom is -0.462 e. The Kier molecular flexibility index (Phi) is 57.2. The van der Waals surface area contributed by atoms with Crippen molar-refractivity contribution in [3.8, 4) is 0 Å². The van der Waals surface area contributed by atoms with Gasteiger partial charge in [0.25, 0.3) is 0 Å². The maximum absolute atomic E-state index is 12.9. The van der Waals surface area contributed by atoms with Gasteiger partial charge in [-0.1, -0.05) is 276 Å². The minimum atomic E-state index is -0.778. The van der Waals surface area contributed by atoms with E-state index in [-0.39, 0.29) is 31.1 Å². The summed E-state index contributed by atoms with van der Waals surface area (Å²) in [6.45, 7) is 6.65. The first kappa shape index (κ1) is 67.6. The Hall–Kier alpha value is -2.37. The molecule has 0 fully saturated rings. The molecule has 6 heteroatoms. The normalized spacial score (nSPS) is 12.2. The van der Waals surface area contributed by atoms with Crippen LogP contribution in [0.4, 0.5) is 0 Å². The third kappa shape index (κ3) is 56.5. The summed E-state index contributed by atoms with van der Waals surface area (Å²) in [6.07, 6.45) is 71.4. The van der Waals surface area contributed by atoms with Crippen molar-refractivity contribution < 1.29 is 28.6 Å². The predicted molar refractivity (Wildman–Crippen MR) is 302 cm³/mol. The van der Waals surface area contributed by atoms with Crippen LogP contribution < -0.4 is 0 Å². The Morgan fingerprint density at radius 1 is 0.286 bits per heavy atom. The van der Waals surface area contributed by atoms with Gasteiger partial charge in [0, 0.05) is 19.3 Å². The lowest BCUT2D eigenvalue weighted by atomic mass is 10.0. The van der Waals surface area contributed by atoms with Crippen molar-refractivity contribution >= 4 is 17.9 Å². The second-order valence-electron chi connectivity index (χ2n) is 21.0. The number of hydrogen-bond acceptors (Lipinski definition) is 6. The largest absolute Gasteiger partial charge is 0.462 e. The standard InChI is InChI=1S/C64H118O6/c1-4-7-10-13-16-19-22-25-28-31-32-34-36-39-42-45-48-51-54-57-63(66)69-60-61(59-68-62(65)56-53-50-47-44-41-38-35-30-27-24-21-18-15-12-9-6-3)70-64(67)58-55-52-49-46-43-40-37-33-29-26-23-20-17-14-11-8-5-2/h17,20,26,29-30,35,61H,4-16,18-19,21-25,27-28,31-34,36-60H2,1-3H3/b20-17-,29-26-,35-30-/t61-/m1/s1. The monoisotopic (exact) mass is 983 g/mol. The summed E-state index contributed by atoms with van der Waals surface area (Å²) >= 11 is 0. The highest BCUT2D eigenvalue weighted by Crippen LogP contribution is 2.17. The van der Waals surface area contributed by atoms with E-state index in [0.717, 1.165) is 77.0 Å². The first-order chi connectivity index (χ1) is 34.5. The van der Waals surface area contributed by atoms with Crippen LogP contribution in [-0.4, -0.2) is 37.2 Å². The van der Waals surface area contributed by atoms with Gasteiger partial charge in [0.1, 0.15) is 13.2 Å². The summed E-state index contributed by atoms with van der Waals surface area (Å²) in [5, 5.41) is 0. The number of allylic oxidation sites excluding steroid dienone is 6. The number of esters is 3. The van der Waals surface area contributed by atoms with E-state index in [9.17, 15) is 14.4 Å². The SMILES string of the molecule is CCCCC/C=C\C/C=C\CCCCCCCCCC(=O)O[C@H](COC(=O)CCCCCCC/C=C\CCCCCCCCC)COC(=O)CCCCCCCCCCCCCCCCCCCCC. The molecule has 0 heterocycles. The molecule has 0 saturated heterocycles. The van der Waals surface area contributed by atoms with Crippen molar-refractivity contribution in [1.82, 2.24) is 0 Å². The Bertz CT molecular complexity index is 1170. The fourth-order valence-electron chi connectivity index (χ4n) is 9.18. The maximum Gasteiger partial charge on any atom is 0.306 e. The Morgan fingerprint density at radius 2 is 0.514 bits per heavy atom. The third-order valence-electron chi connectivity index (χ3n) is 13.9. The van der Waals surface area contributed by atoms with Gasteiger partial charge in [0.15, 0.2) is 6.10 Å². The van der Waals surface area contributed by atoms with Crippen molar-refractivity contribution in [3.05, 3.63) is 36.5 Å². The van der Waals surface area contributed by atoms with E-state index < -0.39 is 6.10 Å². The van der Waals surface area contributed by atoms with Crippen LogP contribution in [0.25, 0.3) is 0 Å². The highest BCUT2D eigenvalue weighted by molar-refractivity contribution is 5.71. The maximum atomic E-state index is 12.9. The number of carbonyl (C=O) groups excluding carboxylic acids is 3. The van der Waals surface area contributed by atoms with E-state index in [2.05, 4.69) is 57.2 Å². The van der Waals surface area contributed by atoms with E-state index in [4.69, 9.17) is 14.2 Å². The van der Waals surface area contributed by atoms with Crippen LogP contribution in [0.2, 0.25) is 0 Å². The summed E-state index contributed by atoms with van der Waals surface area (Å²) in [6, 6.07) is 0. The average Bonchev–Trinajstić information content (AvgIpc) is 3.36. The molecule has 0 rings (SSSR count). The van der Waals surface area contributed by atoms with Crippen molar-refractivity contribution in [2.24, 2.45) is 0 Å². The molecule has 0 radical (unpaired) electrons. The summed E-state index contributed by atoms with van der Waals surface area (Å²) in [5.41, 5.74) is 0. The van der Waals surface area contributed by atoms with Crippen LogP contribution in [-0.2, 0) is 28.6 Å². The van der Waals surface area contributed by atoms with Gasteiger partial charge in [-0.3, -0.25) is 14.4 Å². The topological polar surface area (TPSA) is 78.9 Å². The average molecular weight is 984 g/mol. The second-order valence-corrected chi connectivity index (χ2v) is 21.0. The number of carbonyl (C=O) groups is 3. The highest BCUT2D eigenvalue weighted by Gasteiger charge is 2.19. The fraction of sp³-hybridized carbons (Fsp3) is 0.859. The fourth-order valence-corrected chi connectivity index (χ4v) is 9.18. The zero-order valence-corrected chi connectivity index (χ0v) is 47.1. The van der Waals surface area contributed by atoms with Crippen LogP contribution >= 0.6 is 0 Å². The molecule has 0 amide bonds. The second kappa shape index (κ2) is 59.2. The predicted octanol–water partition coefficient (Wildman–Crippen LogP) is 20.8. The smallest absolute Gasteiger partial charge is 0.306 e. The number of unbranched alkanes of at least 4 members (excludes halogenated alkanes) is 40. The van der Waals surface area contributed by atoms with Gasteiger partial charge in [-0.05, 0) is 77.0 Å². The Morgan fingerprint density at radius 3 is 0.829 bits per heavy atom. The molecular weight excluding hydrogens is 865 g/mol. The van der Waals surface area contributed by atoms with Crippen LogP contribution in [0.5, 0.6) is 0 Å². The molecule has 0 aromatic carbocycles. The van der Waals surface area contributed by atoms with Crippen LogP contribution in [0.15, 0.2) is 36.5 Å². The molecule has 6 nitrogen and oxygen atoms in total. The van der Waals surface area contributed by atoms with Crippen molar-refractivity contribution in [1.29, 1.82) is 0 Å². The number of rotatable bonds is 57. The molecule has 0 N–H and O–H groups in total. The van der Waals surface area contributed by atoms with Crippen molar-refractivity contribution in [2.75, 3.05) is 13.2 Å². The van der Waals surface area contributed by atoms with E-state index in [1.165, 1.54) is 218 Å². The first-order valence-corrected chi connectivity index (χ1v) is 31.0. The molecule has 1 atom stereocenters. The lowest BCUT2D eigenvalue weighted by Gasteiger charge is -2.18. The number of hydrogen-bond donors (Lipinski definition) is 0. The lowest BCUT2D eigenvalue weighted by Crippen LogP contribution is -2.30. The first-order valence-electron chi connectivity index (χ1n) is 31.0.